The topological polar surface area (TPSA) is 74.6 Å². The zero-order valence-electron chi connectivity index (χ0n) is 16.0. The second kappa shape index (κ2) is 9.12. The largest absolute Gasteiger partial charge is 0.493 e. The van der Waals surface area contributed by atoms with Crippen LogP contribution in [0.4, 0.5) is 5.82 Å². The summed E-state index contributed by atoms with van der Waals surface area (Å²) < 4.78 is 17.8. The number of amides is 1. The van der Waals surface area contributed by atoms with Crippen molar-refractivity contribution in [2.75, 3.05) is 26.6 Å². The number of rotatable bonds is 9. The van der Waals surface area contributed by atoms with Gasteiger partial charge in [0.15, 0.2) is 11.5 Å². The molecule has 142 valence electrons. The lowest BCUT2D eigenvalue weighted by atomic mass is 10.1. The summed E-state index contributed by atoms with van der Waals surface area (Å²) in [5.74, 6) is 2.69. The predicted molar refractivity (Wildman–Crippen MR) is 100 cm³/mol. The lowest BCUT2D eigenvalue weighted by Gasteiger charge is -2.14. The van der Waals surface area contributed by atoms with E-state index in [1.54, 1.807) is 45.7 Å². The Bertz CT molecular complexity index is 715. The Balaban J connectivity index is 2.10. The van der Waals surface area contributed by atoms with Gasteiger partial charge in [0, 0.05) is 12.6 Å². The van der Waals surface area contributed by atoms with Crippen molar-refractivity contribution in [2.24, 2.45) is 5.92 Å². The molecule has 0 unspecified atom stereocenters. The van der Waals surface area contributed by atoms with Crippen LogP contribution in [-0.2, 0) is 17.8 Å². The number of anilines is 1. The van der Waals surface area contributed by atoms with Crippen LogP contribution in [0.1, 0.15) is 25.8 Å². The van der Waals surface area contributed by atoms with E-state index in [2.05, 4.69) is 24.3 Å². The summed E-state index contributed by atoms with van der Waals surface area (Å²) in [4.78, 5) is 12.5. The van der Waals surface area contributed by atoms with Crippen LogP contribution >= 0.6 is 0 Å². The van der Waals surface area contributed by atoms with Gasteiger partial charge in [-0.15, -0.1) is 0 Å². The van der Waals surface area contributed by atoms with Crippen LogP contribution < -0.4 is 19.5 Å². The minimum absolute atomic E-state index is 0.134. The molecule has 0 fully saturated rings. The number of nitrogens with zero attached hydrogens (tertiary/aromatic N) is 2. The summed E-state index contributed by atoms with van der Waals surface area (Å²) in [6.07, 6.45) is 2.87. The van der Waals surface area contributed by atoms with Crippen molar-refractivity contribution in [2.45, 2.75) is 33.2 Å². The first kappa shape index (κ1) is 19.6. The highest BCUT2D eigenvalue weighted by Crippen LogP contribution is 2.38. The van der Waals surface area contributed by atoms with E-state index in [1.807, 2.05) is 4.68 Å². The van der Waals surface area contributed by atoms with Gasteiger partial charge in [0.2, 0.25) is 11.7 Å². The van der Waals surface area contributed by atoms with Gasteiger partial charge < -0.3 is 19.5 Å². The molecule has 1 heterocycles. The SMILES string of the molecule is COc1cc(CC(=O)Nc2ccnn2CCC(C)C)cc(OC)c1OC. The van der Waals surface area contributed by atoms with E-state index in [4.69, 9.17) is 14.2 Å². The van der Waals surface area contributed by atoms with E-state index in [0.717, 1.165) is 18.5 Å². The Morgan fingerprint density at radius 3 is 2.35 bits per heavy atom. The average Bonchev–Trinajstić information content (AvgIpc) is 3.05. The summed E-state index contributed by atoms with van der Waals surface area (Å²) in [5, 5.41) is 7.19. The van der Waals surface area contributed by atoms with Crippen LogP contribution in [-0.4, -0.2) is 37.0 Å². The van der Waals surface area contributed by atoms with Gasteiger partial charge in [0.05, 0.1) is 33.9 Å². The number of hydrogen-bond donors (Lipinski definition) is 1. The average molecular weight is 361 g/mol. The molecule has 2 aromatic rings. The normalized spacial score (nSPS) is 10.7. The highest BCUT2D eigenvalue weighted by Gasteiger charge is 2.15. The Hall–Kier alpha value is -2.70. The standard InChI is InChI=1S/C19H27N3O4/c1-13(2)7-9-22-17(6-8-20-22)21-18(23)12-14-10-15(24-3)19(26-5)16(11-14)25-4/h6,8,10-11,13H,7,9,12H2,1-5H3,(H,21,23). The Labute approximate surface area is 154 Å². The van der Waals surface area contributed by atoms with E-state index >= 15 is 0 Å². The number of methoxy groups -OCH3 is 3. The first-order valence-electron chi connectivity index (χ1n) is 8.59. The molecule has 0 bridgehead atoms. The van der Waals surface area contributed by atoms with Crippen molar-refractivity contribution in [3.05, 3.63) is 30.0 Å². The van der Waals surface area contributed by atoms with Crippen LogP contribution in [0.5, 0.6) is 17.2 Å². The monoisotopic (exact) mass is 361 g/mol. The van der Waals surface area contributed by atoms with Crippen LogP contribution in [0.2, 0.25) is 0 Å². The Kier molecular flexibility index (Phi) is 6.89. The summed E-state index contributed by atoms with van der Waals surface area (Å²) in [6, 6.07) is 5.35. The van der Waals surface area contributed by atoms with E-state index in [0.29, 0.717) is 29.0 Å². The van der Waals surface area contributed by atoms with Gasteiger partial charge in [-0.3, -0.25) is 4.79 Å². The molecule has 0 spiro atoms. The van der Waals surface area contributed by atoms with E-state index in [9.17, 15) is 4.79 Å². The molecule has 0 atom stereocenters. The third-order valence-electron chi connectivity index (χ3n) is 3.99. The third kappa shape index (κ3) is 4.91. The van der Waals surface area contributed by atoms with Gasteiger partial charge in [-0.25, -0.2) is 4.68 Å². The molecule has 7 heteroatoms. The molecule has 2 rings (SSSR count). The first-order chi connectivity index (χ1) is 12.5. The lowest BCUT2D eigenvalue weighted by molar-refractivity contribution is -0.115. The smallest absolute Gasteiger partial charge is 0.229 e. The number of carbonyl (C=O) groups is 1. The van der Waals surface area contributed by atoms with Crippen molar-refractivity contribution in [1.29, 1.82) is 0 Å². The molecule has 0 saturated heterocycles. The molecule has 0 aliphatic rings. The number of aryl methyl sites for hydroxylation is 1. The maximum atomic E-state index is 12.5. The molecule has 26 heavy (non-hydrogen) atoms. The minimum atomic E-state index is -0.134. The zero-order valence-corrected chi connectivity index (χ0v) is 16.0. The number of carbonyl (C=O) groups excluding carboxylic acids is 1. The molecule has 0 saturated carbocycles. The molecule has 7 nitrogen and oxygen atoms in total. The number of benzene rings is 1. The fourth-order valence-electron chi connectivity index (χ4n) is 2.61. The number of aromatic nitrogens is 2. The lowest BCUT2D eigenvalue weighted by Crippen LogP contribution is -2.18. The van der Waals surface area contributed by atoms with Gasteiger partial charge in [0.1, 0.15) is 5.82 Å². The van der Waals surface area contributed by atoms with Gasteiger partial charge in [-0.05, 0) is 30.0 Å². The predicted octanol–water partition coefficient (Wildman–Crippen LogP) is 3.14. The Morgan fingerprint density at radius 1 is 1.15 bits per heavy atom. The number of ether oxygens (including phenoxy) is 3. The van der Waals surface area contributed by atoms with Crippen molar-refractivity contribution in [1.82, 2.24) is 9.78 Å². The van der Waals surface area contributed by atoms with E-state index < -0.39 is 0 Å². The minimum Gasteiger partial charge on any atom is -0.493 e. The van der Waals surface area contributed by atoms with Gasteiger partial charge in [-0.1, -0.05) is 13.8 Å². The summed E-state index contributed by atoms with van der Waals surface area (Å²) in [7, 11) is 4.65. The third-order valence-corrected chi connectivity index (χ3v) is 3.99. The van der Waals surface area contributed by atoms with Crippen molar-refractivity contribution in [3.63, 3.8) is 0 Å². The van der Waals surface area contributed by atoms with Crippen molar-refractivity contribution < 1.29 is 19.0 Å². The van der Waals surface area contributed by atoms with Crippen molar-refractivity contribution in [3.8, 4) is 17.2 Å². The van der Waals surface area contributed by atoms with E-state index in [-0.39, 0.29) is 12.3 Å². The van der Waals surface area contributed by atoms with Crippen LogP contribution in [0, 0.1) is 5.92 Å². The van der Waals surface area contributed by atoms with Crippen LogP contribution in [0.3, 0.4) is 0 Å². The second-order valence-electron chi connectivity index (χ2n) is 6.38. The molecule has 1 aromatic carbocycles. The Morgan fingerprint density at radius 2 is 1.81 bits per heavy atom. The summed E-state index contributed by atoms with van der Waals surface area (Å²) in [6.45, 7) is 5.09. The summed E-state index contributed by atoms with van der Waals surface area (Å²) in [5.41, 5.74) is 0.769. The van der Waals surface area contributed by atoms with Gasteiger partial charge in [0.25, 0.3) is 0 Å². The van der Waals surface area contributed by atoms with Crippen LogP contribution in [0.15, 0.2) is 24.4 Å². The molecule has 1 aromatic heterocycles. The molecule has 0 radical (unpaired) electrons. The second-order valence-corrected chi connectivity index (χ2v) is 6.38. The molecular weight excluding hydrogens is 334 g/mol. The number of hydrogen-bond acceptors (Lipinski definition) is 5. The molecular formula is C19H27N3O4. The van der Waals surface area contributed by atoms with Gasteiger partial charge >= 0.3 is 0 Å². The molecule has 1 N–H and O–H groups in total. The molecule has 1 amide bonds. The van der Waals surface area contributed by atoms with Gasteiger partial charge in [-0.2, -0.15) is 5.10 Å². The molecule has 0 aliphatic heterocycles. The van der Waals surface area contributed by atoms with E-state index in [1.165, 1.54) is 0 Å². The summed E-state index contributed by atoms with van der Waals surface area (Å²) >= 11 is 0. The maximum absolute atomic E-state index is 12.5. The zero-order chi connectivity index (χ0) is 19.1. The quantitative estimate of drug-likeness (QED) is 0.743. The fourth-order valence-corrected chi connectivity index (χ4v) is 2.61. The number of nitrogens with one attached hydrogen (secondary N) is 1. The molecule has 0 aliphatic carbocycles. The highest BCUT2D eigenvalue weighted by molar-refractivity contribution is 5.91. The first-order valence-corrected chi connectivity index (χ1v) is 8.59. The van der Waals surface area contributed by atoms with Crippen LogP contribution in [0.25, 0.3) is 0 Å². The van der Waals surface area contributed by atoms with Crippen molar-refractivity contribution >= 4 is 11.7 Å². The maximum Gasteiger partial charge on any atom is 0.229 e. The highest BCUT2D eigenvalue weighted by atomic mass is 16.5. The fraction of sp³-hybridized carbons (Fsp3) is 0.474.